The third kappa shape index (κ3) is 5.37. The molecule has 0 radical (unpaired) electrons. The molecule has 6 nitrogen and oxygen atoms in total. The number of rotatable bonds is 7. The summed E-state index contributed by atoms with van der Waals surface area (Å²) in [4.78, 5) is 30.0. The van der Waals surface area contributed by atoms with Gasteiger partial charge in [-0.15, -0.1) is 12.4 Å². The summed E-state index contributed by atoms with van der Waals surface area (Å²) in [5.74, 6) is 0.563. The fraction of sp³-hybridized carbons (Fsp3) is 0.357. The van der Waals surface area contributed by atoms with Crippen LogP contribution in [0.2, 0.25) is 5.02 Å². The first-order valence-corrected chi connectivity index (χ1v) is 12.5. The molecule has 8 heteroatoms. The van der Waals surface area contributed by atoms with E-state index in [1.165, 1.54) is 4.90 Å². The minimum atomic E-state index is -0.608. The van der Waals surface area contributed by atoms with Gasteiger partial charge in [0.05, 0.1) is 0 Å². The third-order valence-electron chi connectivity index (χ3n) is 7.04. The molecule has 2 heterocycles. The van der Waals surface area contributed by atoms with Crippen LogP contribution in [0.5, 0.6) is 5.75 Å². The number of carbonyl (C=O) groups is 2. The number of nitrogens with zero attached hydrogens (tertiary/aromatic N) is 2. The Hall–Kier alpha value is -2.64. The minimum absolute atomic E-state index is 0. The lowest BCUT2D eigenvalue weighted by atomic mass is 9.91. The minimum Gasteiger partial charge on any atom is -0.491 e. The van der Waals surface area contributed by atoms with Gasteiger partial charge >= 0.3 is 0 Å². The van der Waals surface area contributed by atoms with Crippen molar-refractivity contribution in [2.24, 2.45) is 5.92 Å². The van der Waals surface area contributed by atoms with E-state index in [1.807, 2.05) is 55.5 Å². The van der Waals surface area contributed by atoms with E-state index in [0.717, 1.165) is 48.0 Å². The zero-order chi connectivity index (χ0) is 24.5. The molecule has 0 bridgehead atoms. The topological polar surface area (TPSA) is 70.1 Å². The van der Waals surface area contributed by atoms with E-state index in [0.29, 0.717) is 29.2 Å². The number of carbonyl (C=O) groups excluding carboxylic acids is 2. The molecule has 0 aliphatic carbocycles. The van der Waals surface area contributed by atoms with Gasteiger partial charge in [-0.2, -0.15) is 0 Å². The average Bonchev–Trinajstić information content (AvgIpc) is 2.85. The summed E-state index contributed by atoms with van der Waals surface area (Å²) in [7, 11) is 0. The van der Waals surface area contributed by atoms with E-state index in [1.54, 1.807) is 6.07 Å². The highest BCUT2D eigenvalue weighted by molar-refractivity contribution is 6.30. The molecule has 1 fully saturated rings. The summed E-state index contributed by atoms with van der Waals surface area (Å²) in [6.45, 7) is 4.71. The van der Waals surface area contributed by atoms with Crippen molar-refractivity contribution >= 4 is 46.6 Å². The van der Waals surface area contributed by atoms with Crippen LogP contribution < -0.4 is 4.74 Å². The number of aryl methyl sites for hydroxylation is 1. The second-order valence-corrected chi connectivity index (χ2v) is 9.99. The summed E-state index contributed by atoms with van der Waals surface area (Å²) in [5.41, 5.74) is 2.15. The maximum atomic E-state index is 13.2. The van der Waals surface area contributed by atoms with E-state index >= 15 is 0 Å². The lowest BCUT2D eigenvalue weighted by Gasteiger charge is -2.36. The zero-order valence-corrected chi connectivity index (χ0v) is 21.7. The maximum absolute atomic E-state index is 13.2. The fourth-order valence-corrected chi connectivity index (χ4v) is 5.39. The molecule has 2 amide bonds. The Morgan fingerprint density at radius 1 is 1.03 bits per heavy atom. The Labute approximate surface area is 222 Å². The highest BCUT2D eigenvalue weighted by atomic mass is 35.5. The smallest absolute Gasteiger partial charge is 0.261 e. The Morgan fingerprint density at radius 2 is 1.67 bits per heavy atom. The number of halogens is 2. The van der Waals surface area contributed by atoms with Crippen LogP contribution in [0.4, 0.5) is 0 Å². The number of amides is 2. The summed E-state index contributed by atoms with van der Waals surface area (Å²) in [6.07, 6.45) is 1.13. The van der Waals surface area contributed by atoms with Crippen molar-refractivity contribution in [3.63, 3.8) is 0 Å². The molecule has 3 aromatic carbocycles. The van der Waals surface area contributed by atoms with Gasteiger partial charge in [0, 0.05) is 34.6 Å². The Morgan fingerprint density at radius 3 is 2.28 bits per heavy atom. The van der Waals surface area contributed by atoms with Crippen LogP contribution in [-0.4, -0.2) is 65.6 Å². The molecule has 0 spiro atoms. The number of hydrogen-bond donors (Lipinski definition) is 1. The highest BCUT2D eigenvalue weighted by Gasteiger charge is 2.34. The van der Waals surface area contributed by atoms with Crippen molar-refractivity contribution in [3.8, 4) is 5.75 Å². The molecule has 2 aliphatic rings. The Kier molecular flexibility index (Phi) is 8.20. The van der Waals surface area contributed by atoms with Crippen LogP contribution in [-0.2, 0) is 0 Å². The number of hydrogen-bond acceptors (Lipinski definition) is 5. The molecule has 5 rings (SSSR count). The van der Waals surface area contributed by atoms with Crippen LogP contribution in [0.1, 0.15) is 39.1 Å². The van der Waals surface area contributed by atoms with Gasteiger partial charge in [0.25, 0.3) is 11.8 Å². The Bertz CT molecular complexity index is 1220. The number of imide groups is 1. The van der Waals surface area contributed by atoms with Gasteiger partial charge in [-0.25, -0.2) is 0 Å². The van der Waals surface area contributed by atoms with E-state index in [2.05, 4.69) is 4.90 Å². The van der Waals surface area contributed by atoms with Gasteiger partial charge in [0.15, 0.2) is 0 Å². The summed E-state index contributed by atoms with van der Waals surface area (Å²) in [6, 6.07) is 16.7. The number of benzene rings is 3. The number of piperidine rings is 1. The zero-order valence-electron chi connectivity index (χ0n) is 20.2. The molecular formula is C28H30Cl2N2O4. The normalized spacial score (nSPS) is 17.2. The molecule has 0 aromatic heterocycles. The monoisotopic (exact) mass is 528 g/mol. The lowest BCUT2D eigenvalue weighted by molar-refractivity contribution is 0.0452. The van der Waals surface area contributed by atoms with Crippen molar-refractivity contribution < 1.29 is 19.4 Å². The molecule has 1 unspecified atom stereocenters. The molecule has 1 atom stereocenters. The third-order valence-corrected chi connectivity index (χ3v) is 7.28. The summed E-state index contributed by atoms with van der Waals surface area (Å²) in [5, 5.41) is 12.8. The Balaban J connectivity index is 0.00000304. The first-order valence-electron chi connectivity index (χ1n) is 12.1. The van der Waals surface area contributed by atoms with Gasteiger partial charge in [0.1, 0.15) is 18.5 Å². The van der Waals surface area contributed by atoms with Crippen molar-refractivity contribution in [2.45, 2.75) is 25.9 Å². The number of aliphatic hydroxyl groups excluding tert-OH is 1. The molecule has 1 saturated heterocycles. The van der Waals surface area contributed by atoms with E-state index < -0.39 is 6.10 Å². The molecule has 190 valence electrons. The number of aliphatic hydroxyl groups is 1. The predicted molar refractivity (Wildman–Crippen MR) is 143 cm³/mol. The number of β-amino-alcohol motifs (C(OH)–C–C–N with tert-alkyl or cyclic N) is 1. The van der Waals surface area contributed by atoms with Crippen molar-refractivity contribution in [2.75, 3.05) is 32.8 Å². The van der Waals surface area contributed by atoms with Crippen LogP contribution in [0.3, 0.4) is 0 Å². The van der Waals surface area contributed by atoms with Crippen molar-refractivity contribution in [1.29, 1.82) is 0 Å². The fourth-order valence-electron chi connectivity index (χ4n) is 5.17. The van der Waals surface area contributed by atoms with Crippen LogP contribution in [0, 0.1) is 12.8 Å². The quantitative estimate of drug-likeness (QED) is 0.438. The van der Waals surface area contributed by atoms with Gasteiger partial charge < -0.3 is 14.7 Å². The second kappa shape index (κ2) is 11.2. The summed E-state index contributed by atoms with van der Waals surface area (Å²) < 4.78 is 5.78. The average molecular weight is 529 g/mol. The largest absolute Gasteiger partial charge is 0.491 e. The first kappa shape index (κ1) is 26.4. The van der Waals surface area contributed by atoms with Crippen molar-refractivity contribution in [1.82, 2.24) is 9.80 Å². The number of ether oxygens (including phenoxy) is 1. The SMILES string of the molecule is Cc1cc(Cl)ccc1OCC(O)CN1CCC(CN2C(=O)c3cccc4cccc(c34)C2=O)CC1.Cl. The van der Waals surface area contributed by atoms with Gasteiger partial charge in [-0.3, -0.25) is 14.5 Å². The second-order valence-electron chi connectivity index (χ2n) is 9.55. The lowest BCUT2D eigenvalue weighted by Crippen LogP contribution is -2.46. The van der Waals surface area contributed by atoms with Crippen LogP contribution >= 0.6 is 24.0 Å². The van der Waals surface area contributed by atoms with Gasteiger partial charge in [0.2, 0.25) is 0 Å². The molecule has 2 aliphatic heterocycles. The molecule has 36 heavy (non-hydrogen) atoms. The molecule has 0 saturated carbocycles. The van der Waals surface area contributed by atoms with Gasteiger partial charge in [-0.05, 0) is 80.1 Å². The van der Waals surface area contributed by atoms with Gasteiger partial charge in [-0.1, -0.05) is 35.9 Å². The highest BCUT2D eigenvalue weighted by Crippen LogP contribution is 2.31. The van der Waals surface area contributed by atoms with E-state index in [9.17, 15) is 14.7 Å². The molecular weight excluding hydrogens is 499 g/mol. The van der Waals surface area contributed by atoms with E-state index in [-0.39, 0.29) is 36.7 Å². The molecule has 3 aromatic rings. The van der Waals surface area contributed by atoms with Crippen LogP contribution in [0.25, 0.3) is 10.8 Å². The maximum Gasteiger partial charge on any atom is 0.261 e. The van der Waals surface area contributed by atoms with Crippen molar-refractivity contribution in [3.05, 3.63) is 76.3 Å². The predicted octanol–water partition coefficient (Wildman–Crippen LogP) is 4.97. The number of likely N-dealkylation sites (tertiary alicyclic amines) is 1. The summed E-state index contributed by atoms with van der Waals surface area (Å²) >= 11 is 5.99. The molecule has 1 N–H and O–H groups in total. The van der Waals surface area contributed by atoms with Crippen LogP contribution in [0.15, 0.2) is 54.6 Å². The van der Waals surface area contributed by atoms with E-state index in [4.69, 9.17) is 16.3 Å². The standard InChI is InChI=1S/C28H29ClN2O4.ClH/c1-18-14-21(29)8-9-25(18)35-17-22(32)16-30-12-10-19(11-13-30)15-31-27(33)23-6-2-4-20-5-3-7-24(26(20)23)28(31)34;/h2-9,14,19,22,32H,10-13,15-17H2,1H3;1H. The first-order chi connectivity index (χ1) is 16.9.